The Morgan fingerprint density at radius 1 is 1.35 bits per heavy atom. The van der Waals surface area contributed by atoms with E-state index in [9.17, 15) is 24.1 Å². The quantitative estimate of drug-likeness (QED) is 0.581. The molecular formula is C9H8FN3O4. The van der Waals surface area contributed by atoms with Crippen LogP contribution in [0.1, 0.15) is 17.3 Å². The summed E-state index contributed by atoms with van der Waals surface area (Å²) in [6.07, 6.45) is 0. The van der Waals surface area contributed by atoms with Crippen molar-refractivity contribution in [3.8, 4) is 0 Å². The van der Waals surface area contributed by atoms with Gasteiger partial charge in [0.15, 0.2) is 0 Å². The van der Waals surface area contributed by atoms with Crippen molar-refractivity contribution < 1.29 is 18.9 Å². The number of hydrogen-bond donors (Lipinski definition) is 2. The minimum absolute atomic E-state index is 0.417. The van der Waals surface area contributed by atoms with Crippen LogP contribution in [-0.2, 0) is 4.79 Å². The van der Waals surface area contributed by atoms with Crippen LogP contribution in [0.2, 0.25) is 0 Å². The van der Waals surface area contributed by atoms with Crippen LogP contribution in [0.15, 0.2) is 18.2 Å². The zero-order valence-corrected chi connectivity index (χ0v) is 8.69. The molecule has 1 rings (SSSR count). The lowest BCUT2D eigenvalue weighted by Gasteiger charge is -2.05. The molecular weight excluding hydrogens is 233 g/mol. The molecule has 1 aromatic carbocycles. The topological polar surface area (TPSA) is 101 Å². The molecule has 0 aliphatic carbocycles. The Bertz CT molecular complexity index is 489. The van der Waals surface area contributed by atoms with Crippen LogP contribution >= 0.6 is 0 Å². The Morgan fingerprint density at radius 2 is 2.00 bits per heavy atom. The van der Waals surface area contributed by atoms with Crippen LogP contribution < -0.4 is 10.9 Å². The van der Waals surface area contributed by atoms with Gasteiger partial charge in [0.1, 0.15) is 5.82 Å². The zero-order chi connectivity index (χ0) is 13.0. The second-order valence-electron chi connectivity index (χ2n) is 3.06. The molecule has 0 aliphatic heterocycles. The second-order valence-corrected chi connectivity index (χ2v) is 3.06. The maximum Gasteiger partial charge on any atom is 0.272 e. The molecule has 0 unspecified atom stereocenters. The van der Waals surface area contributed by atoms with E-state index in [1.165, 1.54) is 0 Å². The molecule has 7 nitrogen and oxygen atoms in total. The molecule has 0 heterocycles. The lowest BCUT2D eigenvalue weighted by Crippen LogP contribution is -2.40. The zero-order valence-electron chi connectivity index (χ0n) is 8.69. The Labute approximate surface area is 94.7 Å². The van der Waals surface area contributed by atoms with E-state index in [0.717, 1.165) is 25.1 Å². The third kappa shape index (κ3) is 3.23. The van der Waals surface area contributed by atoms with Crippen molar-refractivity contribution in [2.75, 3.05) is 0 Å². The van der Waals surface area contributed by atoms with Gasteiger partial charge < -0.3 is 0 Å². The largest absolute Gasteiger partial charge is 0.274 e. The van der Waals surface area contributed by atoms with Gasteiger partial charge in [-0.1, -0.05) is 0 Å². The molecule has 0 fully saturated rings. The Hall–Kier alpha value is -2.51. The first-order valence-corrected chi connectivity index (χ1v) is 4.42. The average Bonchev–Trinajstić information content (AvgIpc) is 2.26. The third-order valence-corrected chi connectivity index (χ3v) is 1.76. The SMILES string of the molecule is CC(=O)NNC(=O)c1cc([N+](=O)[O-])ccc1F. The van der Waals surface area contributed by atoms with Gasteiger partial charge in [-0.3, -0.25) is 30.6 Å². The summed E-state index contributed by atoms with van der Waals surface area (Å²) in [6, 6.07) is 2.53. The lowest BCUT2D eigenvalue weighted by atomic mass is 10.2. The number of rotatable bonds is 2. The van der Waals surface area contributed by atoms with E-state index >= 15 is 0 Å². The van der Waals surface area contributed by atoms with Crippen LogP contribution in [0.4, 0.5) is 10.1 Å². The Balaban J connectivity index is 2.95. The van der Waals surface area contributed by atoms with E-state index < -0.39 is 33.8 Å². The molecule has 0 saturated heterocycles. The van der Waals surface area contributed by atoms with Crippen molar-refractivity contribution in [1.82, 2.24) is 10.9 Å². The fourth-order valence-electron chi connectivity index (χ4n) is 1.01. The summed E-state index contributed by atoms with van der Waals surface area (Å²) < 4.78 is 13.2. The van der Waals surface area contributed by atoms with Gasteiger partial charge in [0.2, 0.25) is 5.91 Å². The number of hydrazine groups is 1. The Morgan fingerprint density at radius 3 is 2.53 bits per heavy atom. The number of nitrogens with zero attached hydrogens (tertiary/aromatic N) is 1. The van der Waals surface area contributed by atoms with Crippen LogP contribution in [-0.4, -0.2) is 16.7 Å². The molecule has 17 heavy (non-hydrogen) atoms. The van der Waals surface area contributed by atoms with E-state index in [-0.39, 0.29) is 0 Å². The summed E-state index contributed by atoms with van der Waals surface area (Å²) in [4.78, 5) is 31.5. The van der Waals surface area contributed by atoms with E-state index in [2.05, 4.69) is 0 Å². The van der Waals surface area contributed by atoms with E-state index in [1.807, 2.05) is 10.9 Å². The number of non-ortho nitro benzene ring substituents is 1. The van der Waals surface area contributed by atoms with Gasteiger partial charge in [-0.15, -0.1) is 0 Å². The first kappa shape index (κ1) is 12.6. The number of carbonyl (C=O) groups excluding carboxylic acids is 2. The van der Waals surface area contributed by atoms with Crippen LogP contribution in [0.3, 0.4) is 0 Å². The first-order valence-electron chi connectivity index (χ1n) is 4.42. The summed E-state index contributed by atoms with van der Waals surface area (Å²) in [5, 5.41) is 10.4. The average molecular weight is 241 g/mol. The molecule has 8 heteroatoms. The second kappa shape index (κ2) is 5.01. The molecule has 90 valence electrons. The molecule has 2 N–H and O–H groups in total. The number of nitrogens with one attached hydrogen (secondary N) is 2. The number of nitro benzene ring substituents is 1. The monoisotopic (exact) mass is 241 g/mol. The molecule has 0 aromatic heterocycles. The molecule has 0 spiro atoms. The molecule has 1 aromatic rings. The van der Waals surface area contributed by atoms with Gasteiger partial charge in [-0.05, 0) is 6.07 Å². The van der Waals surface area contributed by atoms with Crippen molar-refractivity contribution in [1.29, 1.82) is 0 Å². The smallest absolute Gasteiger partial charge is 0.272 e. The number of amides is 2. The third-order valence-electron chi connectivity index (χ3n) is 1.76. The van der Waals surface area contributed by atoms with E-state index in [0.29, 0.717) is 0 Å². The number of carbonyl (C=O) groups is 2. The van der Waals surface area contributed by atoms with Crippen molar-refractivity contribution in [2.24, 2.45) is 0 Å². The van der Waals surface area contributed by atoms with Crippen LogP contribution in [0.25, 0.3) is 0 Å². The summed E-state index contributed by atoms with van der Waals surface area (Å²) in [6.45, 7) is 1.14. The van der Waals surface area contributed by atoms with Gasteiger partial charge in [0, 0.05) is 19.1 Å². The lowest BCUT2D eigenvalue weighted by molar-refractivity contribution is -0.384. The number of halogens is 1. The molecule has 0 aliphatic rings. The van der Waals surface area contributed by atoms with Gasteiger partial charge >= 0.3 is 0 Å². The fourth-order valence-corrected chi connectivity index (χ4v) is 1.01. The number of nitro groups is 1. The van der Waals surface area contributed by atoms with Gasteiger partial charge in [-0.2, -0.15) is 0 Å². The minimum atomic E-state index is -0.971. The molecule has 2 amide bonds. The van der Waals surface area contributed by atoms with Crippen molar-refractivity contribution in [3.05, 3.63) is 39.7 Å². The molecule has 0 bridgehead atoms. The standard InChI is InChI=1S/C9H8FN3O4/c1-5(14)11-12-9(15)7-4-6(13(16)17)2-3-8(7)10/h2-4H,1H3,(H,11,14)(H,12,15). The van der Waals surface area contributed by atoms with Crippen molar-refractivity contribution in [2.45, 2.75) is 6.92 Å². The normalized spacial score (nSPS) is 9.53. The fraction of sp³-hybridized carbons (Fsp3) is 0.111. The highest BCUT2D eigenvalue weighted by Gasteiger charge is 2.16. The van der Waals surface area contributed by atoms with Gasteiger partial charge in [0.05, 0.1) is 10.5 Å². The maximum absolute atomic E-state index is 13.2. The van der Waals surface area contributed by atoms with Crippen molar-refractivity contribution >= 4 is 17.5 Å². The molecule has 0 radical (unpaired) electrons. The van der Waals surface area contributed by atoms with Gasteiger partial charge in [0.25, 0.3) is 11.6 Å². The highest BCUT2D eigenvalue weighted by Crippen LogP contribution is 2.16. The summed E-state index contributed by atoms with van der Waals surface area (Å²) in [5.41, 5.74) is 2.91. The predicted molar refractivity (Wildman–Crippen MR) is 54.3 cm³/mol. The van der Waals surface area contributed by atoms with E-state index in [4.69, 9.17) is 0 Å². The predicted octanol–water partition coefficient (Wildman–Crippen LogP) is 0.515. The summed E-state index contributed by atoms with van der Waals surface area (Å²) in [7, 11) is 0. The minimum Gasteiger partial charge on any atom is -0.274 e. The number of benzene rings is 1. The maximum atomic E-state index is 13.2. The molecule has 0 saturated carbocycles. The highest BCUT2D eigenvalue weighted by atomic mass is 19.1. The van der Waals surface area contributed by atoms with Gasteiger partial charge in [-0.25, -0.2) is 4.39 Å². The van der Waals surface area contributed by atoms with Crippen LogP contribution in [0.5, 0.6) is 0 Å². The highest BCUT2D eigenvalue weighted by molar-refractivity contribution is 5.96. The van der Waals surface area contributed by atoms with E-state index in [1.54, 1.807) is 0 Å². The Kier molecular flexibility index (Phi) is 3.70. The summed E-state index contributed by atoms with van der Waals surface area (Å²) >= 11 is 0. The molecule has 0 atom stereocenters. The van der Waals surface area contributed by atoms with Crippen LogP contribution in [0, 0.1) is 15.9 Å². The summed E-state index contributed by atoms with van der Waals surface area (Å²) in [5.74, 6) is -2.44. The van der Waals surface area contributed by atoms with Crippen molar-refractivity contribution in [3.63, 3.8) is 0 Å². The number of hydrogen-bond acceptors (Lipinski definition) is 4. The first-order chi connectivity index (χ1) is 7.91.